The molecule has 0 unspecified atom stereocenters. The van der Waals surface area contributed by atoms with Crippen LogP contribution >= 0.6 is 0 Å². The van der Waals surface area contributed by atoms with E-state index in [1.54, 1.807) is 0 Å². The van der Waals surface area contributed by atoms with Crippen molar-refractivity contribution >= 4 is 21.5 Å². The van der Waals surface area contributed by atoms with Crippen LogP contribution in [0.2, 0.25) is 0 Å². The van der Waals surface area contributed by atoms with Gasteiger partial charge in [0.25, 0.3) is 0 Å². The first-order chi connectivity index (χ1) is 20.3. The third-order valence-corrected chi connectivity index (χ3v) is 9.06. The van der Waals surface area contributed by atoms with Gasteiger partial charge in [-0.15, -0.1) is 0 Å². The summed E-state index contributed by atoms with van der Waals surface area (Å²) in [7, 11) is 0. The van der Waals surface area contributed by atoms with E-state index in [9.17, 15) is 10.2 Å². The molecule has 41 heavy (non-hydrogen) atoms. The van der Waals surface area contributed by atoms with E-state index >= 15 is 0 Å². The number of rotatable bonds is 8. The molecule has 2 heteroatoms. The van der Waals surface area contributed by atoms with Crippen LogP contribution in [0.15, 0.2) is 121 Å². The largest absolute Gasteiger partial charge is 0.396 e. The monoisotopic (exact) mass is 534 g/mol. The summed E-state index contributed by atoms with van der Waals surface area (Å²) in [6.45, 7) is 0.275. The minimum Gasteiger partial charge on any atom is -0.396 e. The molecule has 0 saturated heterocycles. The number of hydrogen-bond acceptors (Lipinski definition) is 2. The highest BCUT2D eigenvalue weighted by Crippen LogP contribution is 2.59. The lowest BCUT2D eigenvalue weighted by molar-refractivity contribution is 0.247. The predicted molar refractivity (Wildman–Crippen MR) is 171 cm³/mol. The third-order valence-electron chi connectivity index (χ3n) is 9.06. The lowest BCUT2D eigenvalue weighted by Crippen LogP contribution is -2.28. The Balaban J connectivity index is 1.57. The Bertz CT molecular complexity index is 1730. The van der Waals surface area contributed by atoms with Gasteiger partial charge in [0.05, 0.1) is 0 Å². The van der Waals surface area contributed by atoms with Gasteiger partial charge in [0.1, 0.15) is 0 Å². The average molecular weight is 535 g/mol. The predicted octanol–water partition coefficient (Wildman–Crippen LogP) is 9.14. The van der Waals surface area contributed by atoms with E-state index in [0.717, 1.165) is 12.8 Å². The minimum absolute atomic E-state index is 0.137. The average Bonchev–Trinajstić information content (AvgIpc) is 3.32. The Morgan fingerprint density at radius 3 is 1.17 bits per heavy atom. The Labute approximate surface area is 241 Å². The maximum absolute atomic E-state index is 10.2. The Kier molecular flexibility index (Phi) is 6.66. The lowest BCUT2D eigenvalue weighted by atomic mass is 9.67. The molecule has 0 heterocycles. The molecule has 0 atom stereocenters. The number of aliphatic hydroxyl groups is 2. The van der Waals surface area contributed by atoms with Gasteiger partial charge in [0.2, 0.25) is 0 Å². The summed E-state index contributed by atoms with van der Waals surface area (Å²) >= 11 is 0. The van der Waals surface area contributed by atoms with Crippen molar-refractivity contribution in [2.24, 2.45) is 0 Å². The van der Waals surface area contributed by atoms with Crippen molar-refractivity contribution < 1.29 is 10.2 Å². The molecule has 0 aromatic heterocycles. The lowest BCUT2D eigenvalue weighted by Gasteiger charge is -2.35. The van der Waals surface area contributed by atoms with Crippen LogP contribution < -0.4 is 0 Å². The topological polar surface area (TPSA) is 40.5 Å². The van der Waals surface area contributed by atoms with Gasteiger partial charge >= 0.3 is 0 Å². The summed E-state index contributed by atoms with van der Waals surface area (Å²) in [5.41, 5.74) is 9.81. The Morgan fingerprint density at radius 2 is 0.732 bits per heavy atom. The summed E-state index contributed by atoms with van der Waals surface area (Å²) in [5.74, 6) is 0. The molecule has 0 saturated carbocycles. The molecule has 0 bridgehead atoms. The van der Waals surface area contributed by atoms with Crippen molar-refractivity contribution in [3.05, 3.63) is 132 Å². The number of hydrogen-bond donors (Lipinski definition) is 2. The summed E-state index contributed by atoms with van der Waals surface area (Å²) < 4.78 is 0. The van der Waals surface area contributed by atoms with Gasteiger partial charge in [0.15, 0.2) is 0 Å². The molecule has 7 rings (SSSR count). The van der Waals surface area contributed by atoms with Gasteiger partial charge in [-0.05, 0) is 91.7 Å². The number of fused-ring (bicyclic) bond motifs is 5. The number of aliphatic hydroxyl groups excluding tert-OH is 2. The highest BCUT2D eigenvalue weighted by Gasteiger charge is 2.45. The molecule has 1 aliphatic rings. The highest BCUT2D eigenvalue weighted by molar-refractivity contribution is 6.03. The molecule has 2 N–H and O–H groups in total. The molecule has 6 aromatic carbocycles. The van der Waals surface area contributed by atoms with Crippen molar-refractivity contribution in [2.75, 3.05) is 13.2 Å². The quantitative estimate of drug-likeness (QED) is 0.204. The van der Waals surface area contributed by atoms with Crippen LogP contribution in [0.4, 0.5) is 0 Å². The SMILES string of the molecule is OCCCC1(CCCO)c2c(cccc2-c2cccc3ccccc23)-c2cccc(-c3cccc4ccccc34)c21. The molecular formula is C39H34O2. The molecule has 0 spiro atoms. The smallest absolute Gasteiger partial charge is 0.0431 e. The first kappa shape index (κ1) is 25.7. The fourth-order valence-corrected chi connectivity index (χ4v) is 7.47. The summed E-state index contributed by atoms with van der Waals surface area (Å²) in [6.07, 6.45) is 3.01. The van der Waals surface area contributed by atoms with Gasteiger partial charge in [-0.1, -0.05) is 121 Å². The van der Waals surface area contributed by atoms with Crippen LogP contribution in [0.1, 0.15) is 36.8 Å². The molecule has 6 aromatic rings. The summed E-state index contributed by atoms with van der Waals surface area (Å²) in [5, 5.41) is 25.3. The molecular weight excluding hydrogens is 500 g/mol. The van der Waals surface area contributed by atoms with E-state index in [2.05, 4.69) is 121 Å². The van der Waals surface area contributed by atoms with Crippen LogP contribution in [-0.4, -0.2) is 23.4 Å². The fraction of sp³-hybridized carbons (Fsp3) is 0.179. The van der Waals surface area contributed by atoms with Crippen LogP contribution in [0.5, 0.6) is 0 Å². The normalized spacial score (nSPS) is 13.4. The van der Waals surface area contributed by atoms with Gasteiger partial charge in [-0.25, -0.2) is 0 Å². The molecule has 0 fully saturated rings. The van der Waals surface area contributed by atoms with Crippen molar-refractivity contribution in [3.63, 3.8) is 0 Å². The third kappa shape index (κ3) is 4.10. The summed E-state index contributed by atoms with van der Waals surface area (Å²) in [4.78, 5) is 0. The van der Waals surface area contributed by atoms with Gasteiger partial charge in [-0.2, -0.15) is 0 Å². The van der Waals surface area contributed by atoms with E-state index in [0.29, 0.717) is 12.8 Å². The van der Waals surface area contributed by atoms with Crippen molar-refractivity contribution in [3.8, 4) is 33.4 Å². The summed E-state index contributed by atoms with van der Waals surface area (Å²) in [6, 6.07) is 43.9. The highest BCUT2D eigenvalue weighted by atomic mass is 16.3. The molecule has 0 amide bonds. The second-order valence-corrected chi connectivity index (χ2v) is 11.2. The maximum atomic E-state index is 10.2. The zero-order valence-corrected chi connectivity index (χ0v) is 23.2. The molecule has 2 nitrogen and oxygen atoms in total. The second-order valence-electron chi connectivity index (χ2n) is 11.2. The molecule has 0 radical (unpaired) electrons. The molecule has 0 aliphatic heterocycles. The zero-order valence-electron chi connectivity index (χ0n) is 23.2. The van der Waals surface area contributed by atoms with Crippen molar-refractivity contribution in [2.45, 2.75) is 31.1 Å². The second kappa shape index (κ2) is 10.6. The van der Waals surface area contributed by atoms with E-state index in [1.807, 2.05) is 0 Å². The van der Waals surface area contributed by atoms with Gasteiger partial charge in [-0.3, -0.25) is 0 Å². The van der Waals surface area contributed by atoms with Crippen LogP contribution in [0, 0.1) is 0 Å². The maximum Gasteiger partial charge on any atom is 0.0431 e. The van der Waals surface area contributed by atoms with Gasteiger partial charge in [0, 0.05) is 18.6 Å². The van der Waals surface area contributed by atoms with Crippen molar-refractivity contribution in [1.82, 2.24) is 0 Å². The molecule has 202 valence electrons. The van der Waals surface area contributed by atoms with Crippen LogP contribution in [-0.2, 0) is 5.41 Å². The van der Waals surface area contributed by atoms with E-state index in [4.69, 9.17) is 0 Å². The standard InChI is InChI=1S/C39H34O2/c40-25-9-23-39(24-10-26-41)37-33(31-17-5-13-27-11-1-3-15-29(27)31)19-7-21-35(37)36-22-8-20-34(38(36)39)32-18-6-14-28-12-2-4-16-30(28)32/h1-8,11-22,40-41H,9-10,23-26H2. The van der Waals surface area contributed by atoms with E-state index < -0.39 is 0 Å². The van der Waals surface area contributed by atoms with Crippen LogP contribution in [0.25, 0.3) is 54.9 Å². The molecule has 1 aliphatic carbocycles. The first-order valence-corrected chi connectivity index (χ1v) is 14.7. The van der Waals surface area contributed by atoms with E-state index in [1.165, 1.54) is 66.1 Å². The minimum atomic E-state index is -0.350. The fourth-order valence-electron chi connectivity index (χ4n) is 7.47. The van der Waals surface area contributed by atoms with Crippen LogP contribution in [0.3, 0.4) is 0 Å². The first-order valence-electron chi connectivity index (χ1n) is 14.7. The van der Waals surface area contributed by atoms with E-state index in [-0.39, 0.29) is 18.6 Å². The Hall–Kier alpha value is -4.24. The Morgan fingerprint density at radius 1 is 0.390 bits per heavy atom. The van der Waals surface area contributed by atoms with Crippen molar-refractivity contribution in [1.29, 1.82) is 0 Å². The number of benzene rings is 6. The zero-order chi connectivity index (χ0) is 27.8. The van der Waals surface area contributed by atoms with Gasteiger partial charge < -0.3 is 10.2 Å².